The van der Waals surface area contributed by atoms with Gasteiger partial charge in [-0.25, -0.2) is 0 Å². The van der Waals surface area contributed by atoms with Crippen LogP contribution in [0.2, 0.25) is 0 Å². The number of hydrogen-bond donors (Lipinski definition) is 0. The molecule has 26 heavy (non-hydrogen) atoms. The van der Waals surface area contributed by atoms with Crippen molar-refractivity contribution >= 4 is 5.91 Å². The second kappa shape index (κ2) is 10.1. The lowest BCUT2D eigenvalue weighted by molar-refractivity contribution is -0.130. The maximum absolute atomic E-state index is 12.5. The summed E-state index contributed by atoms with van der Waals surface area (Å²) >= 11 is 0. The van der Waals surface area contributed by atoms with Gasteiger partial charge in [-0.3, -0.25) is 14.6 Å². The van der Waals surface area contributed by atoms with E-state index in [1.54, 1.807) is 0 Å². The molecule has 1 aliphatic carbocycles. The van der Waals surface area contributed by atoms with Crippen LogP contribution in [0.15, 0.2) is 0 Å². The van der Waals surface area contributed by atoms with Gasteiger partial charge in [-0.05, 0) is 44.4 Å². The summed E-state index contributed by atoms with van der Waals surface area (Å²) in [5.74, 6) is 1.14. The maximum Gasteiger partial charge on any atom is 0.222 e. The molecule has 0 bridgehead atoms. The molecule has 2 saturated heterocycles. The molecule has 3 fully saturated rings. The molecular formula is C22H41N3O. The number of carbonyl (C=O) groups is 1. The monoisotopic (exact) mass is 363 g/mol. The molecule has 4 nitrogen and oxygen atoms in total. The van der Waals surface area contributed by atoms with Crippen LogP contribution in [0.5, 0.6) is 0 Å². The Bertz CT molecular complexity index is 425. The van der Waals surface area contributed by atoms with E-state index < -0.39 is 0 Å². The van der Waals surface area contributed by atoms with Crippen LogP contribution in [0.1, 0.15) is 78.1 Å². The summed E-state index contributed by atoms with van der Waals surface area (Å²) in [6.45, 7) is 11.4. The Morgan fingerprint density at radius 1 is 0.846 bits per heavy atom. The van der Waals surface area contributed by atoms with E-state index in [2.05, 4.69) is 28.5 Å². The summed E-state index contributed by atoms with van der Waals surface area (Å²) < 4.78 is 0. The van der Waals surface area contributed by atoms with Crippen molar-refractivity contribution in [2.24, 2.45) is 5.92 Å². The van der Waals surface area contributed by atoms with Gasteiger partial charge in [0.15, 0.2) is 0 Å². The molecule has 0 aromatic heterocycles. The maximum atomic E-state index is 12.5. The number of nitrogens with zero attached hydrogens (tertiary/aromatic N) is 3. The average Bonchev–Trinajstić information content (AvgIpc) is 2.84. The van der Waals surface area contributed by atoms with Gasteiger partial charge in [0, 0.05) is 57.8 Å². The second-order valence-electron chi connectivity index (χ2n) is 9.26. The van der Waals surface area contributed by atoms with Crippen molar-refractivity contribution in [2.75, 3.05) is 39.3 Å². The molecule has 150 valence electrons. The van der Waals surface area contributed by atoms with Crippen molar-refractivity contribution in [1.29, 1.82) is 0 Å². The number of likely N-dealkylation sites (tertiary alicyclic amines) is 1. The molecule has 0 aromatic carbocycles. The number of hydrogen-bond acceptors (Lipinski definition) is 3. The van der Waals surface area contributed by atoms with Crippen molar-refractivity contribution < 1.29 is 4.79 Å². The normalized spacial score (nSPS) is 27.9. The molecule has 0 N–H and O–H groups in total. The molecule has 4 heteroatoms. The minimum atomic E-state index is 0.400. The first-order valence-corrected chi connectivity index (χ1v) is 11.4. The van der Waals surface area contributed by atoms with Crippen molar-refractivity contribution in [1.82, 2.24) is 14.7 Å². The van der Waals surface area contributed by atoms with Crippen LogP contribution >= 0.6 is 0 Å². The average molecular weight is 364 g/mol. The molecule has 1 amide bonds. The Labute approximate surface area is 161 Å². The van der Waals surface area contributed by atoms with Gasteiger partial charge in [-0.2, -0.15) is 0 Å². The first-order valence-electron chi connectivity index (χ1n) is 11.4. The van der Waals surface area contributed by atoms with Gasteiger partial charge in [0.2, 0.25) is 5.91 Å². The van der Waals surface area contributed by atoms with E-state index >= 15 is 0 Å². The fraction of sp³-hybridized carbons (Fsp3) is 0.955. The summed E-state index contributed by atoms with van der Waals surface area (Å²) in [5.41, 5.74) is 0. The van der Waals surface area contributed by atoms with Crippen LogP contribution in [-0.2, 0) is 4.79 Å². The summed E-state index contributed by atoms with van der Waals surface area (Å²) in [5, 5.41) is 0. The Kier molecular flexibility index (Phi) is 7.80. The molecule has 1 unspecified atom stereocenters. The van der Waals surface area contributed by atoms with E-state index in [-0.39, 0.29) is 0 Å². The van der Waals surface area contributed by atoms with E-state index in [0.717, 1.165) is 44.3 Å². The van der Waals surface area contributed by atoms with Crippen LogP contribution < -0.4 is 0 Å². The third kappa shape index (κ3) is 5.69. The fourth-order valence-corrected chi connectivity index (χ4v) is 5.23. The molecule has 0 spiro atoms. The van der Waals surface area contributed by atoms with Crippen LogP contribution in [0.25, 0.3) is 0 Å². The lowest BCUT2D eigenvalue weighted by Gasteiger charge is -2.43. The zero-order chi connectivity index (χ0) is 18.4. The van der Waals surface area contributed by atoms with Gasteiger partial charge in [-0.15, -0.1) is 0 Å². The molecule has 2 heterocycles. The molecular weight excluding hydrogens is 322 g/mol. The molecule has 1 atom stereocenters. The summed E-state index contributed by atoms with van der Waals surface area (Å²) in [4.78, 5) is 20.1. The standard InChI is InChI=1S/C22H41N3O/c1-19(2)7-6-13-25-14-12-21(10-11-22(25)26)24-17-15-23(16-18-24)20-8-4-3-5-9-20/h19-21H,3-18H2,1-2H3. The molecule has 0 radical (unpaired) electrons. The Morgan fingerprint density at radius 3 is 2.08 bits per heavy atom. The highest BCUT2D eigenvalue weighted by Gasteiger charge is 2.30. The van der Waals surface area contributed by atoms with Crippen molar-refractivity contribution in [3.63, 3.8) is 0 Å². The predicted molar refractivity (Wildman–Crippen MR) is 108 cm³/mol. The first-order chi connectivity index (χ1) is 12.6. The van der Waals surface area contributed by atoms with E-state index in [4.69, 9.17) is 0 Å². The van der Waals surface area contributed by atoms with E-state index in [9.17, 15) is 4.79 Å². The third-order valence-corrected chi connectivity index (χ3v) is 6.94. The van der Waals surface area contributed by atoms with Crippen LogP contribution in [0.4, 0.5) is 0 Å². The van der Waals surface area contributed by atoms with Crippen molar-refractivity contribution in [2.45, 2.75) is 90.1 Å². The highest BCUT2D eigenvalue weighted by atomic mass is 16.2. The molecule has 1 saturated carbocycles. The quantitative estimate of drug-likeness (QED) is 0.719. The first kappa shape index (κ1) is 20.1. The van der Waals surface area contributed by atoms with E-state index in [0.29, 0.717) is 11.9 Å². The zero-order valence-electron chi connectivity index (χ0n) is 17.3. The van der Waals surface area contributed by atoms with Gasteiger partial charge >= 0.3 is 0 Å². The second-order valence-corrected chi connectivity index (χ2v) is 9.26. The Balaban J connectivity index is 1.42. The summed E-state index contributed by atoms with van der Waals surface area (Å²) in [6.07, 6.45) is 12.6. The number of piperazine rings is 1. The van der Waals surface area contributed by atoms with Crippen molar-refractivity contribution in [3.8, 4) is 0 Å². The predicted octanol–water partition coefficient (Wildman–Crippen LogP) is 3.75. The van der Waals surface area contributed by atoms with Crippen LogP contribution in [0, 0.1) is 5.92 Å². The molecule has 3 rings (SSSR count). The topological polar surface area (TPSA) is 26.8 Å². The van der Waals surface area contributed by atoms with Crippen LogP contribution in [0.3, 0.4) is 0 Å². The fourth-order valence-electron chi connectivity index (χ4n) is 5.23. The molecule has 3 aliphatic rings. The minimum absolute atomic E-state index is 0.400. The van der Waals surface area contributed by atoms with Gasteiger partial charge in [-0.1, -0.05) is 33.1 Å². The highest BCUT2D eigenvalue weighted by molar-refractivity contribution is 5.76. The minimum Gasteiger partial charge on any atom is -0.343 e. The zero-order valence-corrected chi connectivity index (χ0v) is 17.3. The van der Waals surface area contributed by atoms with Crippen molar-refractivity contribution in [3.05, 3.63) is 0 Å². The number of amides is 1. The lowest BCUT2D eigenvalue weighted by Crippen LogP contribution is -2.53. The molecule has 0 aromatic rings. The lowest BCUT2D eigenvalue weighted by atomic mass is 9.93. The molecule has 2 aliphatic heterocycles. The summed E-state index contributed by atoms with van der Waals surface area (Å²) in [7, 11) is 0. The number of carbonyl (C=O) groups excluding carboxylic acids is 1. The SMILES string of the molecule is CC(C)CCCN1CCC(N2CCN(C3CCCCC3)CC2)CCC1=O. The smallest absolute Gasteiger partial charge is 0.222 e. The van der Waals surface area contributed by atoms with Gasteiger partial charge < -0.3 is 4.90 Å². The largest absolute Gasteiger partial charge is 0.343 e. The summed E-state index contributed by atoms with van der Waals surface area (Å²) in [6, 6.07) is 1.49. The number of rotatable bonds is 6. The van der Waals surface area contributed by atoms with E-state index in [1.165, 1.54) is 71.1 Å². The van der Waals surface area contributed by atoms with Gasteiger partial charge in [0.1, 0.15) is 0 Å². The van der Waals surface area contributed by atoms with Crippen LogP contribution in [-0.4, -0.2) is 72.0 Å². The van der Waals surface area contributed by atoms with Gasteiger partial charge in [0.05, 0.1) is 0 Å². The third-order valence-electron chi connectivity index (χ3n) is 6.94. The Morgan fingerprint density at radius 2 is 1.46 bits per heavy atom. The highest BCUT2D eigenvalue weighted by Crippen LogP contribution is 2.25. The Hall–Kier alpha value is -0.610. The van der Waals surface area contributed by atoms with E-state index in [1.807, 2.05) is 0 Å². The van der Waals surface area contributed by atoms with Gasteiger partial charge in [0.25, 0.3) is 0 Å².